The molecule has 0 atom stereocenters. The number of nitrogens with zero attached hydrogens (tertiary/aromatic N) is 2. The van der Waals surface area contributed by atoms with Crippen LogP contribution in [0.3, 0.4) is 0 Å². The molecule has 0 bridgehead atoms. The van der Waals surface area contributed by atoms with Gasteiger partial charge >= 0.3 is 0 Å². The first-order chi connectivity index (χ1) is 17.8. The Hall–Kier alpha value is -3.06. The van der Waals surface area contributed by atoms with Crippen molar-refractivity contribution in [3.63, 3.8) is 0 Å². The van der Waals surface area contributed by atoms with Gasteiger partial charge in [0.25, 0.3) is 0 Å². The molecule has 3 rings (SSSR count). The molecule has 0 unspecified atom stereocenters. The number of carbonyl (C=O) groups excluding carboxylic acids is 1. The summed E-state index contributed by atoms with van der Waals surface area (Å²) in [4.78, 5) is 20.7. The number of rotatable bonds is 7. The highest BCUT2D eigenvalue weighted by atomic mass is 35.5. The maximum Gasteiger partial charge on any atom is 0.215 e. The molecule has 0 aliphatic heterocycles. The predicted octanol–water partition coefficient (Wildman–Crippen LogP) is 9.48. The van der Waals surface area contributed by atoms with E-state index in [0.29, 0.717) is 10.2 Å². The molecule has 0 spiro atoms. The molecular weight excluding hydrogens is 520 g/mol. The lowest BCUT2D eigenvalue weighted by Gasteiger charge is -2.13. The second-order valence-electron chi connectivity index (χ2n) is 7.91. The van der Waals surface area contributed by atoms with Gasteiger partial charge in [0.05, 0.1) is 12.8 Å². The molecule has 0 aliphatic rings. The van der Waals surface area contributed by atoms with E-state index in [1.807, 2.05) is 51.1 Å². The van der Waals surface area contributed by atoms with Crippen LogP contribution < -0.4 is 4.74 Å². The van der Waals surface area contributed by atoms with Crippen molar-refractivity contribution in [3.05, 3.63) is 99.3 Å². The summed E-state index contributed by atoms with van der Waals surface area (Å²) in [7, 11) is 3.35. The van der Waals surface area contributed by atoms with Gasteiger partial charge in [0.1, 0.15) is 5.75 Å². The molecular formula is C30H33ClN2O2S2. The van der Waals surface area contributed by atoms with Gasteiger partial charge in [-0.25, -0.2) is 4.99 Å². The number of allylic oxidation sites excluding steroid dienone is 5. The van der Waals surface area contributed by atoms with Gasteiger partial charge in [-0.05, 0) is 105 Å². The third-order valence-electron chi connectivity index (χ3n) is 5.00. The van der Waals surface area contributed by atoms with Gasteiger partial charge in [-0.15, -0.1) is 11.3 Å². The molecule has 2 aromatic carbocycles. The van der Waals surface area contributed by atoms with Crippen LogP contribution in [0.1, 0.15) is 32.6 Å². The normalized spacial score (nSPS) is 12.2. The molecule has 3 aromatic rings. The standard InChI is InChI=1S/C23H21ClN2O2S2.C7H12/c1-16(29-23(26(2)15-27)25-19-8-6-18(24)7-9-19)14-21-12-13-22(30-21)17-4-10-20(28-3)11-5-17;1-4-6-7(3)5-2/h4-15H,1-3H3;4-6H,1-3H3/b16-14-,25-23?;6-4-,7-5-. The van der Waals surface area contributed by atoms with Gasteiger partial charge in [0.15, 0.2) is 5.17 Å². The molecule has 0 saturated carbocycles. The van der Waals surface area contributed by atoms with Crippen LogP contribution in [0, 0.1) is 0 Å². The first-order valence-corrected chi connectivity index (χ1v) is 13.7. The summed E-state index contributed by atoms with van der Waals surface area (Å²) in [5.41, 5.74) is 3.21. The minimum atomic E-state index is 0.591. The quantitative estimate of drug-likeness (QED) is 0.127. The van der Waals surface area contributed by atoms with Crippen molar-refractivity contribution >= 4 is 58.0 Å². The van der Waals surface area contributed by atoms with E-state index in [1.165, 1.54) is 27.1 Å². The Morgan fingerprint density at radius 1 is 1.03 bits per heavy atom. The smallest absolute Gasteiger partial charge is 0.215 e. The highest BCUT2D eigenvalue weighted by molar-refractivity contribution is 8.17. The van der Waals surface area contributed by atoms with Gasteiger partial charge in [-0.3, -0.25) is 9.69 Å². The van der Waals surface area contributed by atoms with E-state index in [4.69, 9.17) is 16.3 Å². The van der Waals surface area contributed by atoms with Crippen LogP contribution in [-0.4, -0.2) is 30.6 Å². The number of thiophene rings is 1. The lowest BCUT2D eigenvalue weighted by molar-refractivity contribution is -0.113. The van der Waals surface area contributed by atoms with Crippen LogP contribution in [0.25, 0.3) is 16.5 Å². The number of halogens is 1. The number of amidine groups is 1. The summed E-state index contributed by atoms with van der Waals surface area (Å²) < 4.78 is 5.22. The number of benzene rings is 2. The van der Waals surface area contributed by atoms with Gasteiger partial charge in [0, 0.05) is 21.8 Å². The van der Waals surface area contributed by atoms with Crippen LogP contribution in [0.5, 0.6) is 5.75 Å². The summed E-state index contributed by atoms with van der Waals surface area (Å²) in [6, 6.07) is 19.4. The Kier molecular flexibility index (Phi) is 13.0. The van der Waals surface area contributed by atoms with E-state index >= 15 is 0 Å². The highest BCUT2D eigenvalue weighted by Gasteiger charge is 2.09. The fourth-order valence-electron chi connectivity index (χ4n) is 2.92. The van der Waals surface area contributed by atoms with Gasteiger partial charge < -0.3 is 4.74 Å². The number of hydrogen-bond donors (Lipinski definition) is 0. The Labute approximate surface area is 234 Å². The van der Waals surface area contributed by atoms with Gasteiger partial charge in [-0.1, -0.05) is 47.2 Å². The molecule has 1 aromatic heterocycles. The van der Waals surface area contributed by atoms with E-state index in [-0.39, 0.29) is 0 Å². The summed E-state index contributed by atoms with van der Waals surface area (Å²) >= 11 is 9.09. The zero-order valence-electron chi connectivity index (χ0n) is 22.1. The Bertz CT molecular complexity index is 1260. The minimum Gasteiger partial charge on any atom is -0.497 e. The van der Waals surface area contributed by atoms with Crippen molar-refractivity contribution in [2.75, 3.05) is 14.2 Å². The monoisotopic (exact) mass is 552 g/mol. The molecule has 37 heavy (non-hydrogen) atoms. The lowest BCUT2D eigenvalue weighted by Crippen LogP contribution is -2.21. The predicted molar refractivity (Wildman–Crippen MR) is 164 cm³/mol. The Morgan fingerprint density at radius 2 is 1.70 bits per heavy atom. The van der Waals surface area contributed by atoms with Crippen LogP contribution >= 0.6 is 34.7 Å². The van der Waals surface area contributed by atoms with Crippen molar-refractivity contribution in [1.29, 1.82) is 0 Å². The number of ether oxygens (including phenoxy) is 1. The van der Waals surface area contributed by atoms with Crippen molar-refractivity contribution in [2.45, 2.75) is 27.7 Å². The second-order valence-corrected chi connectivity index (χ2v) is 10.7. The average Bonchev–Trinajstić information content (AvgIpc) is 3.37. The molecule has 1 heterocycles. The molecule has 0 fully saturated rings. The Morgan fingerprint density at radius 3 is 2.24 bits per heavy atom. The van der Waals surface area contributed by atoms with Crippen molar-refractivity contribution < 1.29 is 9.53 Å². The molecule has 0 aliphatic carbocycles. The zero-order valence-corrected chi connectivity index (χ0v) is 24.5. The number of methoxy groups -OCH3 is 1. The molecule has 4 nitrogen and oxygen atoms in total. The van der Waals surface area contributed by atoms with Crippen LogP contribution in [0.2, 0.25) is 5.02 Å². The maximum absolute atomic E-state index is 11.3. The van der Waals surface area contributed by atoms with Crippen molar-refractivity contribution in [3.8, 4) is 16.2 Å². The molecule has 0 saturated heterocycles. The summed E-state index contributed by atoms with van der Waals surface area (Å²) in [6.07, 6.45) is 9.05. The topological polar surface area (TPSA) is 41.9 Å². The van der Waals surface area contributed by atoms with E-state index < -0.39 is 0 Å². The average molecular weight is 553 g/mol. The largest absolute Gasteiger partial charge is 0.497 e. The number of hydrogen-bond acceptors (Lipinski definition) is 5. The molecule has 0 N–H and O–H groups in total. The third-order valence-corrected chi connectivity index (χ3v) is 7.33. The fourth-order valence-corrected chi connectivity index (χ4v) is 4.95. The first kappa shape index (κ1) is 30.2. The zero-order chi connectivity index (χ0) is 27.2. The summed E-state index contributed by atoms with van der Waals surface area (Å²) in [5.74, 6) is 0.842. The number of carbonyl (C=O) groups is 1. The molecule has 1 amide bonds. The van der Waals surface area contributed by atoms with Gasteiger partial charge in [-0.2, -0.15) is 0 Å². The van der Waals surface area contributed by atoms with E-state index in [0.717, 1.165) is 33.2 Å². The van der Waals surface area contributed by atoms with E-state index in [1.54, 1.807) is 37.6 Å². The summed E-state index contributed by atoms with van der Waals surface area (Å²) in [5, 5.41) is 1.24. The fraction of sp³-hybridized carbons (Fsp3) is 0.200. The molecule has 7 heteroatoms. The van der Waals surface area contributed by atoms with E-state index in [9.17, 15) is 4.79 Å². The summed E-state index contributed by atoms with van der Waals surface area (Å²) in [6.45, 7) is 8.15. The number of amides is 1. The van der Waals surface area contributed by atoms with Gasteiger partial charge in [0.2, 0.25) is 6.41 Å². The second kappa shape index (κ2) is 15.9. The van der Waals surface area contributed by atoms with Crippen LogP contribution in [0.4, 0.5) is 5.69 Å². The molecule has 0 radical (unpaired) electrons. The number of aliphatic imine (C=N–C) groups is 1. The lowest BCUT2D eigenvalue weighted by atomic mass is 10.2. The Balaban J connectivity index is 0.000000604. The minimum absolute atomic E-state index is 0.591. The van der Waals surface area contributed by atoms with E-state index in [2.05, 4.69) is 54.4 Å². The number of thioether (sulfide) groups is 1. The first-order valence-electron chi connectivity index (χ1n) is 11.7. The maximum atomic E-state index is 11.3. The van der Waals surface area contributed by atoms with Crippen molar-refractivity contribution in [2.24, 2.45) is 4.99 Å². The molecule has 194 valence electrons. The van der Waals surface area contributed by atoms with Crippen molar-refractivity contribution in [1.82, 2.24) is 4.90 Å². The van der Waals surface area contributed by atoms with Crippen LogP contribution in [-0.2, 0) is 4.79 Å². The van der Waals surface area contributed by atoms with Crippen LogP contribution in [0.15, 0.2) is 94.4 Å². The SMILES string of the molecule is C/C=C\C(C)=C/C.COc1ccc(-c2ccc(/C=C(/C)SC(=Nc3ccc(Cl)cc3)N(C)C=O)s2)cc1. The highest BCUT2D eigenvalue weighted by Crippen LogP contribution is 2.32. The third kappa shape index (κ3) is 10.4.